The van der Waals surface area contributed by atoms with Gasteiger partial charge in [0.2, 0.25) is 11.8 Å². The van der Waals surface area contributed by atoms with E-state index in [-0.39, 0.29) is 35.4 Å². The molecule has 0 spiro atoms. The van der Waals surface area contributed by atoms with Crippen molar-refractivity contribution in [3.63, 3.8) is 0 Å². The molecule has 0 aliphatic heterocycles. The summed E-state index contributed by atoms with van der Waals surface area (Å²) >= 11 is 6.51. The molecule has 10 heteroatoms. The highest BCUT2D eigenvalue weighted by Gasteiger charge is 2.35. The van der Waals surface area contributed by atoms with Gasteiger partial charge in [-0.25, -0.2) is 12.8 Å². The van der Waals surface area contributed by atoms with Crippen molar-refractivity contribution in [1.29, 1.82) is 0 Å². The van der Waals surface area contributed by atoms with Crippen molar-refractivity contribution in [3.8, 4) is 0 Å². The average Bonchev–Trinajstić information content (AvgIpc) is 3.02. The Kier molecular flexibility index (Phi) is 11.1. The molecule has 4 aromatic carbocycles. The Morgan fingerprint density at radius 1 is 0.841 bits per heavy atom. The summed E-state index contributed by atoms with van der Waals surface area (Å²) in [4.78, 5) is 29.5. The van der Waals surface area contributed by atoms with Gasteiger partial charge >= 0.3 is 0 Å². The number of anilines is 1. The minimum atomic E-state index is -4.27. The number of rotatable bonds is 13. The molecule has 0 bridgehead atoms. The van der Waals surface area contributed by atoms with Gasteiger partial charge in [-0.1, -0.05) is 92.2 Å². The molecule has 44 heavy (non-hydrogen) atoms. The molecule has 2 amide bonds. The minimum absolute atomic E-state index is 0.0368. The lowest BCUT2D eigenvalue weighted by atomic mass is 10.0. The van der Waals surface area contributed by atoms with Gasteiger partial charge in [-0.15, -0.1) is 0 Å². The van der Waals surface area contributed by atoms with Gasteiger partial charge in [-0.05, 0) is 59.5 Å². The molecule has 230 valence electrons. The van der Waals surface area contributed by atoms with Crippen molar-refractivity contribution in [1.82, 2.24) is 10.2 Å². The fraction of sp³-hybridized carbons (Fsp3) is 0.235. The summed E-state index contributed by atoms with van der Waals surface area (Å²) in [5.41, 5.74) is 1.52. The molecule has 0 saturated carbocycles. The highest BCUT2D eigenvalue weighted by atomic mass is 35.5. The SMILES string of the molecule is CC(C)CNC(=O)[C@@H](Cc1ccccc1)N(Cc1ccccc1Cl)C(=O)CN(c1ccc(F)cc1)S(=O)(=O)c1ccccc1. The third-order valence-corrected chi connectivity index (χ3v) is 9.14. The van der Waals surface area contributed by atoms with Gasteiger partial charge in [0, 0.05) is 24.5 Å². The maximum absolute atomic E-state index is 14.4. The number of nitrogens with one attached hydrogen (secondary N) is 1. The number of halogens is 2. The summed E-state index contributed by atoms with van der Waals surface area (Å²) in [5.74, 6) is -1.40. The molecule has 0 saturated heterocycles. The first-order valence-corrected chi connectivity index (χ1v) is 16.1. The highest BCUT2D eigenvalue weighted by molar-refractivity contribution is 7.92. The van der Waals surface area contributed by atoms with Crippen LogP contribution in [0, 0.1) is 11.7 Å². The standard InChI is InChI=1S/C34H35ClFN3O4S/c1-25(2)22-37-34(41)32(21-26-11-5-3-6-12-26)38(23-27-13-9-10-16-31(27)35)33(40)24-39(29-19-17-28(36)18-20-29)44(42,43)30-14-7-4-8-15-30/h3-20,25,32H,21-24H2,1-2H3,(H,37,41)/t32-/m1/s1. The molecule has 0 aliphatic carbocycles. The van der Waals surface area contributed by atoms with Crippen LogP contribution in [0.15, 0.2) is 114 Å². The lowest BCUT2D eigenvalue weighted by Gasteiger charge is -2.34. The molecule has 0 radical (unpaired) electrons. The van der Waals surface area contributed by atoms with E-state index < -0.39 is 34.3 Å². The number of benzene rings is 4. The quantitative estimate of drug-likeness (QED) is 0.193. The molecule has 0 aromatic heterocycles. The molecule has 0 unspecified atom stereocenters. The van der Waals surface area contributed by atoms with Crippen LogP contribution in [0.4, 0.5) is 10.1 Å². The van der Waals surface area contributed by atoms with Gasteiger partial charge in [0.25, 0.3) is 10.0 Å². The summed E-state index contributed by atoms with van der Waals surface area (Å²) < 4.78 is 42.7. The Balaban J connectivity index is 1.79. The second-order valence-corrected chi connectivity index (χ2v) is 13.0. The van der Waals surface area contributed by atoms with Gasteiger partial charge in [0.15, 0.2) is 0 Å². The predicted molar refractivity (Wildman–Crippen MR) is 171 cm³/mol. The van der Waals surface area contributed by atoms with Gasteiger partial charge in [-0.3, -0.25) is 13.9 Å². The molecule has 1 atom stereocenters. The number of hydrogen-bond donors (Lipinski definition) is 1. The van der Waals surface area contributed by atoms with Crippen LogP contribution < -0.4 is 9.62 Å². The first kappa shape index (κ1) is 32.7. The van der Waals surface area contributed by atoms with Crippen LogP contribution in [0.2, 0.25) is 5.02 Å². The van der Waals surface area contributed by atoms with E-state index in [0.717, 1.165) is 22.0 Å². The van der Waals surface area contributed by atoms with Gasteiger partial charge in [0.1, 0.15) is 18.4 Å². The molecular formula is C34H35ClFN3O4S. The fourth-order valence-corrected chi connectivity index (χ4v) is 6.27. The van der Waals surface area contributed by atoms with Crippen LogP contribution in [-0.4, -0.2) is 44.3 Å². The first-order valence-electron chi connectivity index (χ1n) is 14.2. The van der Waals surface area contributed by atoms with Crippen molar-refractivity contribution in [2.45, 2.75) is 37.8 Å². The summed E-state index contributed by atoms with van der Waals surface area (Å²) in [6, 6.07) is 27.8. The van der Waals surface area contributed by atoms with Crippen LogP contribution in [0.5, 0.6) is 0 Å². The summed E-state index contributed by atoms with van der Waals surface area (Å²) in [6.45, 7) is 3.63. The second-order valence-electron chi connectivity index (χ2n) is 10.8. The molecule has 0 aliphatic rings. The predicted octanol–water partition coefficient (Wildman–Crippen LogP) is 6.09. The molecule has 1 N–H and O–H groups in total. The molecule has 4 rings (SSSR count). The van der Waals surface area contributed by atoms with Crippen molar-refractivity contribution in [3.05, 3.63) is 131 Å². The Morgan fingerprint density at radius 2 is 1.43 bits per heavy atom. The van der Waals surface area contributed by atoms with E-state index in [2.05, 4.69) is 5.32 Å². The lowest BCUT2D eigenvalue weighted by Crippen LogP contribution is -2.53. The molecule has 7 nitrogen and oxygen atoms in total. The van der Waals surface area contributed by atoms with Crippen molar-refractivity contribution in [2.75, 3.05) is 17.4 Å². The van der Waals surface area contributed by atoms with Crippen molar-refractivity contribution < 1.29 is 22.4 Å². The van der Waals surface area contributed by atoms with E-state index >= 15 is 0 Å². The number of carbonyl (C=O) groups excluding carboxylic acids is 2. The third-order valence-electron chi connectivity index (χ3n) is 6.98. The molecule has 0 fully saturated rings. The average molecular weight is 636 g/mol. The van der Waals surface area contributed by atoms with Crippen molar-refractivity contribution >= 4 is 39.1 Å². The van der Waals surface area contributed by atoms with E-state index in [1.54, 1.807) is 42.5 Å². The molecular weight excluding hydrogens is 601 g/mol. The van der Waals surface area contributed by atoms with E-state index in [0.29, 0.717) is 17.1 Å². The maximum atomic E-state index is 14.4. The van der Waals surface area contributed by atoms with Crippen LogP contribution in [0.1, 0.15) is 25.0 Å². The molecule has 0 heterocycles. The Morgan fingerprint density at radius 3 is 2.05 bits per heavy atom. The van der Waals surface area contributed by atoms with E-state index in [9.17, 15) is 22.4 Å². The lowest BCUT2D eigenvalue weighted by molar-refractivity contribution is -0.140. The second kappa shape index (κ2) is 15.0. The fourth-order valence-electron chi connectivity index (χ4n) is 4.64. The number of carbonyl (C=O) groups is 2. The third kappa shape index (κ3) is 8.45. The zero-order chi connectivity index (χ0) is 31.7. The number of amides is 2. The van der Waals surface area contributed by atoms with E-state index in [4.69, 9.17) is 11.6 Å². The van der Waals surface area contributed by atoms with Crippen molar-refractivity contribution in [2.24, 2.45) is 5.92 Å². The zero-order valence-electron chi connectivity index (χ0n) is 24.6. The van der Waals surface area contributed by atoms with Gasteiger partial charge in [0.05, 0.1) is 10.6 Å². The Labute approximate surface area is 263 Å². The molecule has 4 aromatic rings. The summed E-state index contributed by atoms with van der Waals surface area (Å²) in [7, 11) is -4.27. The number of nitrogens with zero attached hydrogens (tertiary/aromatic N) is 2. The van der Waals surface area contributed by atoms with E-state index in [1.165, 1.54) is 29.2 Å². The largest absolute Gasteiger partial charge is 0.354 e. The highest BCUT2D eigenvalue weighted by Crippen LogP contribution is 2.26. The van der Waals surface area contributed by atoms with Crippen LogP contribution in [0.3, 0.4) is 0 Å². The van der Waals surface area contributed by atoms with Gasteiger partial charge < -0.3 is 10.2 Å². The van der Waals surface area contributed by atoms with E-state index in [1.807, 2.05) is 44.2 Å². The Bertz CT molecular complexity index is 1650. The van der Waals surface area contributed by atoms with Crippen LogP contribution in [-0.2, 0) is 32.6 Å². The normalized spacial score (nSPS) is 12.0. The van der Waals surface area contributed by atoms with Gasteiger partial charge in [-0.2, -0.15) is 0 Å². The topological polar surface area (TPSA) is 86.8 Å². The maximum Gasteiger partial charge on any atom is 0.264 e. The smallest absolute Gasteiger partial charge is 0.264 e. The van der Waals surface area contributed by atoms with Crippen LogP contribution in [0.25, 0.3) is 0 Å². The first-order chi connectivity index (χ1) is 21.1. The number of sulfonamides is 1. The summed E-state index contributed by atoms with van der Waals surface area (Å²) in [5, 5.41) is 3.35. The number of hydrogen-bond acceptors (Lipinski definition) is 4. The Hall–Kier alpha value is -4.21. The zero-order valence-corrected chi connectivity index (χ0v) is 26.1. The van der Waals surface area contributed by atoms with Crippen LogP contribution >= 0.6 is 11.6 Å². The monoisotopic (exact) mass is 635 g/mol. The minimum Gasteiger partial charge on any atom is -0.354 e. The summed E-state index contributed by atoms with van der Waals surface area (Å²) in [6.07, 6.45) is 0.183.